The SMILES string of the molecule is O=C(Cn1ccc2cc(OCc3ccccc3)ccc21)NC[C@H]1CCCN2CCCC[C@H]12. The number of hydrogen-bond donors (Lipinski definition) is 1. The number of rotatable bonds is 7. The molecule has 5 rings (SSSR count). The fraction of sp³-hybridized carbons (Fsp3) is 0.444. The van der Waals surface area contributed by atoms with Gasteiger partial charge in [0.15, 0.2) is 0 Å². The van der Waals surface area contributed by atoms with Crippen LogP contribution in [0.3, 0.4) is 0 Å². The Balaban J connectivity index is 1.16. The number of aromatic nitrogens is 1. The highest BCUT2D eigenvalue weighted by atomic mass is 16.5. The third kappa shape index (κ3) is 4.83. The van der Waals surface area contributed by atoms with Crippen LogP contribution >= 0.6 is 0 Å². The van der Waals surface area contributed by atoms with Gasteiger partial charge in [0.05, 0.1) is 0 Å². The maximum atomic E-state index is 12.7. The molecule has 0 unspecified atom stereocenters. The van der Waals surface area contributed by atoms with Gasteiger partial charge in [0, 0.05) is 29.7 Å². The van der Waals surface area contributed by atoms with Gasteiger partial charge in [-0.2, -0.15) is 0 Å². The molecule has 0 spiro atoms. The first-order valence-corrected chi connectivity index (χ1v) is 12.0. The van der Waals surface area contributed by atoms with Crippen molar-refractivity contribution in [1.82, 2.24) is 14.8 Å². The first kappa shape index (κ1) is 21.1. The minimum Gasteiger partial charge on any atom is -0.489 e. The molecule has 2 fully saturated rings. The lowest BCUT2D eigenvalue weighted by molar-refractivity contribution is -0.122. The summed E-state index contributed by atoms with van der Waals surface area (Å²) in [4.78, 5) is 15.4. The normalized spacial score (nSPS) is 21.2. The fourth-order valence-corrected chi connectivity index (χ4v) is 5.42. The van der Waals surface area contributed by atoms with E-state index in [2.05, 4.69) is 28.4 Å². The molecule has 5 nitrogen and oxygen atoms in total. The number of nitrogens with one attached hydrogen (secondary N) is 1. The molecule has 0 aliphatic carbocycles. The Labute approximate surface area is 190 Å². The largest absolute Gasteiger partial charge is 0.489 e. The van der Waals surface area contributed by atoms with Crippen molar-refractivity contribution in [2.45, 2.75) is 51.3 Å². The molecule has 2 aliphatic heterocycles. The summed E-state index contributed by atoms with van der Waals surface area (Å²) in [5.41, 5.74) is 2.21. The van der Waals surface area contributed by atoms with Crippen LogP contribution in [0, 0.1) is 5.92 Å². The van der Waals surface area contributed by atoms with E-state index in [1.54, 1.807) is 0 Å². The zero-order valence-electron chi connectivity index (χ0n) is 18.7. The van der Waals surface area contributed by atoms with Crippen LogP contribution in [0.25, 0.3) is 10.9 Å². The van der Waals surface area contributed by atoms with Crippen molar-refractivity contribution in [1.29, 1.82) is 0 Å². The summed E-state index contributed by atoms with van der Waals surface area (Å²) in [6, 6.07) is 19.0. The lowest BCUT2D eigenvalue weighted by Crippen LogP contribution is -2.51. The lowest BCUT2D eigenvalue weighted by Gasteiger charge is -2.44. The van der Waals surface area contributed by atoms with E-state index < -0.39 is 0 Å². The van der Waals surface area contributed by atoms with E-state index in [1.807, 2.05) is 47.2 Å². The maximum Gasteiger partial charge on any atom is 0.239 e. The minimum atomic E-state index is 0.0971. The third-order valence-corrected chi connectivity index (χ3v) is 7.09. The number of hydrogen-bond acceptors (Lipinski definition) is 3. The Morgan fingerprint density at radius 1 is 1.00 bits per heavy atom. The van der Waals surface area contributed by atoms with E-state index in [1.165, 1.54) is 45.2 Å². The summed E-state index contributed by atoms with van der Waals surface area (Å²) >= 11 is 0. The van der Waals surface area contributed by atoms with Crippen LogP contribution in [0.2, 0.25) is 0 Å². The third-order valence-electron chi connectivity index (χ3n) is 7.09. The Morgan fingerprint density at radius 2 is 1.88 bits per heavy atom. The zero-order chi connectivity index (χ0) is 21.8. The molecule has 32 heavy (non-hydrogen) atoms. The summed E-state index contributed by atoms with van der Waals surface area (Å²) in [5.74, 6) is 1.54. The summed E-state index contributed by atoms with van der Waals surface area (Å²) in [7, 11) is 0. The van der Waals surface area contributed by atoms with Crippen molar-refractivity contribution < 1.29 is 9.53 Å². The number of piperidine rings is 2. The van der Waals surface area contributed by atoms with Gasteiger partial charge in [-0.15, -0.1) is 0 Å². The van der Waals surface area contributed by atoms with Gasteiger partial charge < -0.3 is 19.5 Å². The Bertz CT molecular complexity index is 1040. The molecular weight excluding hydrogens is 398 g/mol. The summed E-state index contributed by atoms with van der Waals surface area (Å²) in [5, 5.41) is 4.32. The molecule has 2 aromatic carbocycles. The number of fused-ring (bicyclic) bond motifs is 2. The molecule has 0 radical (unpaired) electrons. The Morgan fingerprint density at radius 3 is 2.78 bits per heavy atom. The quantitative estimate of drug-likeness (QED) is 0.595. The Kier molecular flexibility index (Phi) is 6.44. The second kappa shape index (κ2) is 9.78. The highest BCUT2D eigenvalue weighted by Crippen LogP contribution is 2.30. The number of amides is 1. The first-order valence-electron chi connectivity index (χ1n) is 12.0. The standard InChI is InChI=1S/C27H33N3O2/c31-27(28-18-23-9-6-15-29-14-5-4-10-25(23)29)19-30-16-13-22-17-24(11-12-26(22)30)32-20-21-7-2-1-3-8-21/h1-3,7-8,11-13,16-17,23,25H,4-6,9-10,14-15,18-20H2,(H,28,31)/t23-,25-/m1/s1. The van der Waals surface area contributed by atoms with E-state index in [9.17, 15) is 4.79 Å². The number of benzene rings is 2. The van der Waals surface area contributed by atoms with Crippen LogP contribution in [-0.2, 0) is 17.9 Å². The summed E-state index contributed by atoms with van der Waals surface area (Å²) < 4.78 is 7.97. The number of ether oxygens (including phenoxy) is 1. The average Bonchev–Trinajstić information content (AvgIpc) is 3.24. The molecule has 2 saturated heterocycles. The van der Waals surface area contributed by atoms with Crippen LogP contribution < -0.4 is 10.1 Å². The molecule has 5 heteroatoms. The second-order valence-electron chi connectivity index (χ2n) is 9.24. The van der Waals surface area contributed by atoms with E-state index in [4.69, 9.17) is 4.74 Å². The molecule has 2 atom stereocenters. The highest BCUT2D eigenvalue weighted by Gasteiger charge is 2.32. The van der Waals surface area contributed by atoms with Crippen molar-refractivity contribution in [3.63, 3.8) is 0 Å². The minimum absolute atomic E-state index is 0.0971. The smallest absolute Gasteiger partial charge is 0.239 e. The van der Waals surface area contributed by atoms with Crippen LogP contribution in [0.5, 0.6) is 5.75 Å². The van der Waals surface area contributed by atoms with Gasteiger partial charge in [-0.3, -0.25) is 4.79 Å². The Hall–Kier alpha value is -2.79. The summed E-state index contributed by atoms with van der Waals surface area (Å²) in [6.45, 7) is 4.18. The van der Waals surface area contributed by atoms with Crippen molar-refractivity contribution >= 4 is 16.8 Å². The van der Waals surface area contributed by atoms with Crippen LogP contribution in [-0.4, -0.2) is 41.1 Å². The van der Waals surface area contributed by atoms with Crippen LogP contribution in [0.4, 0.5) is 0 Å². The molecule has 1 N–H and O–H groups in total. The topological polar surface area (TPSA) is 46.5 Å². The molecule has 1 aromatic heterocycles. The van der Waals surface area contributed by atoms with Crippen molar-refractivity contribution in [2.75, 3.05) is 19.6 Å². The predicted octanol–water partition coefficient (Wildman–Crippen LogP) is 4.60. The lowest BCUT2D eigenvalue weighted by atomic mass is 9.83. The molecule has 3 aromatic rings. The highest BCUT2D eigenvalue weighted by molar-refractivity contribution is 5.84. The van der Waals surface area contributed by atoms with Crippen molar-refractivity contribution in [2.24, 2.45) is 5.92 Å². The number of nitrogens with zero attached hydrogens (tertiary/aromatic N) is 2. The van der Waals surface area contributed by atoms with Crippen LogP contribution in [0.15, 0.2) is 60.8 Å². The van der Waals surface area contributed by atoms with Gasteiger partial charge in [0.1, 0.15) is 18.9 Å². The average molecular weight is 432 g/mol. The molecular formula is C27H33N3O2. The van der Waals surface area contributed by atoms with Crippen molar-refractivity contribution in [3.8, 4) is 5.75 Å². The predicted molar refractivity (Wildman–Crippen MR) is 128 cm³/mol. The van der Waals surface area contributed by atoms with E-state index >= 15 is 0 Å². The molecule has 3 heterocycles. The van der Waals surface area contributed by atoms with Gasteiger partial charge in [0.2, 0.25) is 5.91 Å². The second-order valence-corrected chi connectivity index (χ2v) is 9.24. The van der Waals surface area contributed by atoms with Gasteiger partial charge in [0.25, 0.3) is 0 Å². The van der Waals surface area contributed by atoms with Gasteiger partial charge in [-0.1, -0.05) is 36.8 Å². The molecule has 168 valence electrons. The molecule has 1 amide bonds. The monoisotopic (exact) mass is 431 g/mol. The summed E-state index contributed by atoms with van der Waals surface area (Å²) in [6.07, 6.45) is 8.44. The van der Waals surface area contributed by atoms with E-state index in [0.717, 1.165) is 28.8 Å². The zero-order valence-corrected chi connectivity index (χ0v) is 18.7. The number of carbonyl (C=O) groups is 1. The van der Waals surface area contributed by atoms with Gasteiger partial charge in [-0.25, -0.2) is 0 Å². The molecule has 0 saturated carbocycles. The van der Waals surface area contributed by atoms with E-state index in [-0.39, 0.29) is 5.91 Å². The van der Waals surface area contributed by atoms with Crippen LogP contribution in [0.1, 0.15) is 37.7 Å². The fourth-order valence-electron chi connectivity index (χ4n) is 5.42. The van der Waals surface area contributed by atoms with E-state index in [0.29, 0.717) is 25.1 Å². The van der Waals surface area contributed by atoms with Gasteiger partial charge in [-0.05, 0) is 74.5 Å². The number of carbonyl (C=O) groups excluding carboxylic acids is 1. The van der Waals surface area contributed by atoms with Crippen molar-refractivity contribution in [3.05, 3.63) is 66.4 Å². The maximum absolute atomic E-state index is 12.7. The molecule has 2 aliphatic rings. The van der Waals surface area contributed by atoms with Gasteiger partial charge >= 0.3 is 0 Å². The first-order chi connectivity index (χ1) is 15.8. The molecule has 0 bridgehead atoms.